The predicted octanol–water partition coefficient (Wildman–Crippen LogP) is 7.15. The minimum Gasteiger partial charge on any atom is -0.488 e. The van der Waals surface area contributed by atoms with Gasteiger partial charge in [0.2, 0.25) is 0 Å². The molecule has 154 valence electrons. The van der Waals surface area contributed by atoms with E-state index in [4.69, 9.17) is 27.9 Å². The Morgan fingerprint density at radius 2 is 1.73 bits per heavy atom. The molecule has 0 saturated carbocycles. The molecule has 0 bridgehead atoms. The largest absolute Gasteiger partial charge is 0.488 e. The number of fused-ring (bicyclic) bond motifs is 1. The van der Waals surface area contributed by atoms with E-state index in [1.165, 1.54) is 16.5 Å². The highest BCUT2D eigenvalue weighted by Gasteiger charge is 2.10. The van der Waals surface area contributed by atoms with Crippen LogP contribution in [0.15, 0.2) is 71.3 Å². The van der Waals surface area contributed by atoms with E-state index < -0.39 is 0 Å². The van der Waals surface area contributed by atoms with Gasteiger partial charge in [0.25, 0.3) is 0 Å². The van der Waals surface area contributed by atoms with E-state index in [1.807, 2.05) is 36.4 Å². The summed E-state index contributed by atoms with van der Waals surface area (Å²) in [6.45, 7) is 1.89. The van der Waals surface area contributed by atoms with Crippen LogP contribution in [0.4, 0.5) is 0 Å². The monoisotopic (exact) mass is 502 g/mol. The second-order valence-electron chi connectivity index (χ2n) is 7.03. The van der Waals surface area contributed by atoms with Crippen molar-refractivity contribution in [3.05, 3.63) is 98.1 Å². The molecule has 1 heterocycles. The second kappa shape index (κ2) is 9.88. The van der Waals surface area contributed by atoms with Crippen LogP contribution in [0.3, 0.4) is 0 Å². The molecule has 4 aromatic rings. The summed E-state index contributed by atoms with van der Waals surface area (Å²) in [6.07, 6.45) is 3.04. The molecule has 0 spiro atoms. The molecule has 0 aliphatic carbocycles. The van der Waals surface area contributed by atoms with Crippen LogP contribution in [0.1, 0.15) is 16.7 Å². The molecule has 4 rings (SSSR count). The number of aromatic nitrogens is 1. The van der Waals surface area contributed by atoms with E-state index in [0.29, 0.717) is 23.2 Å². The molecule has 1 aromatic heterocycles. The molecule has 30 heavy (non-hydrogen) atoms. The topological polar surface area (TPSA) is 37.0 Å². The van der Waals surface area contributed by atoms with Crippen molar-refractivity contribution in [3.8, 4) is 5.75 Å². The van der Waals surface area contributed by atoms with E-state index in [-0.39, 0.29) is 0 Å². The zero-order valence-electron chi connectivity index (χ0n) is 16.2. The van der Waals surface area contributed by atoms with Gasteiger partial charge in [-0.1, -0.05) is 63.4 Å². The number of aromatic amines is 1. The van der Waals surface area contributed by atoms with Gasteiger partial charge in [0, 0.05) is 49.3 Å². The summed E-state index contributed by atoms with van der Waals surface area (Å²) in [5.74, 6) is 0.814. The molecule has 0 unspecified atom stereocenters. The Labute approximate surface area is 194 Å². The number of hydrogen-bond donors (Lipinski definition) is 2. The lowest BCUT2D eigenvalue weighted by molar-refractivity contribution is 0.302. The summed E-state index contributed by atoms with van der Waals surface area (Å²) in [6, 6.07) is 19.9. The van der Waals surface area contributed by atoms with Gasteiger partial charge in [-0.05, 0) is 54.9 Å². The highest BCUT2D eigenvalue weighted by atomic mass is 79.9. The Hall–Kier alpha value is -1.98. The second-order valence-corrected chi connectivity index (χ2v) is 8.76. The standard InChI is InChI=1S/C24H21BrCl2N2O/c25-18-8-9-24(30-15-20-21(26)5-3-6-22(20)27)17(12-18)13-28-11-10-16-14-29-23-7-2-1-4-19(16)23/h1-9,12,14,28-29H,10-11,13,15H2. The van der Waals surface area contributed by atoms with Gasteiger partial charge < -0.3 is 15.0 Å². The Kier molecular flexibility index (Phi) is 7.00. The number of rotatable bonds is 8. The van der Waals surface area contributed by atoms with Gasteiger partial charge in [-0.25, -0.2) is 0 Å². The fraction of sp³-hybridized carbons (Fsp3) is 0.167. The van der Waals surface area contributed by atoms with Gasteiger partial charge in [-0.2, -0.15) is 0 Å². The van der Waals surface area contributed by atoms with Gasteiger partial charge >= 0.3 is 0 Å². The van der Waals surface area contributed by atoms with Gasteiger partial charge in [0.15, 0.2) is 0 Å². The number of ether oxygens (including phenoxy) is 1. The molecular formula is C24H21BrCl2N2O. The lowest BCUT2D eigenvalue weighted by atomic mass is 10.1. The maximum absolute atomic E-state index is 6.27. The van der Waals surface area contributed by atoms with E-state index in [1.54, 1.807) is 0 Å². The fourth-order valence-corrected chi connectivity index (χ4v) is 4.35. The third-order valence-corrected chi connectivity index (χ3v) is 6.22. The Bertz CT molecular complexity index is 1140. The number of nitrogens with one attached hydrogen (secondary N) is 2. The Morgan fingerprint density at radius 3 is 2.57 bits per heavy atom. The summed E-state index contributed by atoms with van der Waals surface area (Å²) < 4.78 is 7.08. The normalized spacial score (nSPS) is 11.2. The molecule has 6 heteroatoms. The van der Waals surface area contributed by atoms with Crippen molar-refractivity contribution in [1.29, 1.82) is 0 Å². The van der Waals surface area contributed by atoms with Crippen molar-refractivity contribution in [2.45, 2.75) is 19.6 Å². The number of benzene rings is 3. The van der Waals surface area contributed by atoms with Crippen molar-refractivity contribution in [2.24, 2.45) is 0 Å². The third-order valence-electron chi connectivity index (χ3n) is 5.02. The molecule has 0 amide bonds. The summed E-state index contributed by atoms with van der Waals surface area (Å²) in [5, 5.41) is 6.02. The van der Waals surface area contributed by atoms with E-state index >= 15 is 0 Å². The van der Waals surface area contributed by atoms with Gasteiger partial charge in [-0.15, -0.1) is 0 Å². The zero-order chi connectivity index (χ0) is 20.9. The van der Waals surface area contributed by atoms with E-state index in [0.717, 1.165) is 34.3 Å². The lowest BCUT2D eigenvalue weighted by Gasteiger charge is -2.14. The van der Waals surface area contributed by atoms with E-state index in [2.05, 4.69) is 56.7 Å². The maximum atomic E-state index is 6.27. The third kappa shape index (κ3) is 5.01. The van der Waals surface area contributed by atoms with Gasteiger partial charge in [-0.3, -0.25) is 0 Å². The summed E-state index contributed by atoms with van der Waals surface area (Å²) in [5.41, 5.74) is 4.36. The van der Waals surface area contributed by atoms with Crippen LogP contribution in [0.2, 0.25) is 10.0 Å². The zero-order valence-corrected chi connectivity index (χ0v) is 19.3. The van der Waals surface area contributed by atoms with Crippen molar-refractivity contribution in [1.82, 2.24) is 10.3 Å². The van der Waals surface area contributed by atoms with Crippen molar-refractivity contribution < 1.29 is 4.74 Å². The molecule has 0 radical (unpaired) electrons. The first kappa shape index (κ1) is 21.3. The molecule has 3 aromatic carbocycles. The molecule has 2 N–H and O–H groups in total. The number of H-pyrrole nitrogens is 1. The quantitative estimate of drug-likeness (QED) is 0.250. The summed E-state index contributed by atoms with van der Waals surface area (Å²) >= 11 is 16.1. The van der Waals surface area contributed by atoms with Crippen LogP contribution >= 0.6 is 39.1 Å². The minimum atomic E-state index is 0.322. The van der Waals surface area contributed by atoms with Crippen LogP contribution in [0.5, 0.6) is 5.75 Å². The first-order valence-electron chi connectivity index (χ1n) is 9.71. The van der Waals surface area contributed by atoms with Crippen LogP contribution < -0.4 is 10.1 Å². The number of halogens is 3. The van der Waals surface area contributed by atoms with Crippen molar-refractivity contribution in [2.75, 3.05) is 6.54 Å². The van der Waals surface area contributed by atoms with Crippen LogP contribution in [-0.2, 0) is 19.6 Å². The predicted molar refractivity (Wildman–Crippen MR) is 129 cm³/mol. The minimum absolute atomic E-state index is 0.322. The number of hydrogen-bond acceptors (Lipinski definition) is 2. The van der Waals surface area contributed by atoms with Crippen LogP contribution in [0, 0.1) is 0 Å². The average molecular weight is 504 g/mol. The van der Waals surface area contributed by atoms with Crippen LogP contribution in [0.25, 0.3) is 10.9 Å². The smallest absolute Gasteiger partial charge is 0.124 e. The molecule has 0 aliphatic rings. The average Bonchev–Trinajstić information content (AvgIpc) is 3.15. The Balaban J connectivity index is 1.38. The van der Waals surface area contributed by atoms with Crippen molar-refractivity contribution in [3.63, 3.8) is 0 Å². The highest BCUT2D eigenvalue weighted by molar-refractivity contribution is 9.10. The van der Waals surface area contributed by atoms with Crippen molar-refractivity contribution >= 4 is 50.0 Å². The first-order chi connectivity index (χ1) is 14.6. The molecule has 0 aliphatic heterocycles. The lowest BCUT2D eigenvalue weighted by Crippen LogP contribution is -2.17. The molecule has 0 atom stereocenters. The molecule has 3 nitrogen and oxygen atoms in total. The van der Waals surface area contributed by atoms with E-state index in [9.17, 15) is 0 Å². The maximum Gasteiger partial charge on any atom is 0.124 e. The Morgan fingerprint density at radius 1 is 0.933 bits per heavy atom. The van der Waals surface area contributed by atoms with Crippen LogP contribution in [-0.4, -0.2) is 11.5 Å². The highest BCUT2D eigenvalue weighted by Crippen LogP contribution is 2.28. The number of para-hydroxylation sites is 1. The van der Waals surface area contributed by atoms with Gasteiger partial charge in [0.1, 0.15) is 12.4 Å². The SMILES string of the molecule is Clc1cccc(Cl)c1COc1ccc(Br)cc1CNCCc1c[nH]c2ccccc12. The molecule has 0 fully saturated rings. The fourth-order valence-electron chi connectivity index (χ4n) is 3.43. The van der Waals surface area contributed by atoms with Gasteiger partial charge in [0.05, 0.1) is 0 Å². The first-order valence-corrected chi connectivity index (χ1v) is 11.3. The summed E-state index contributed by atoms with van der Waals surface area (Å²) in [4.78, 5) is 3.33. The molecule has 0 saturated heterocycles. The molecular weight excluding hydrogens is 483 g/mol. The summed E-state index contributed by atoms with van der Waals surface area (Å²) in [7, 11) is 0.